The van der Waals surface area contributed by atoms with E-state index >= 15 is 0 Å². The van der Waals surface area contributed by atoms with Crippen LogP contribution in [0.25, 0.3) is 5.57 Å². The van der Waals surface area contributed by atoms with Crippen LogP contribution in [0.4, 0.5) is 0 Å². The van der Waals surface area contributed by atoms with Crippen LogP contribution in [0.15, 0.2) is 18.2 Å². The largest absolute Gasteiger partial charge is 0.496 e. The Kier molecular flexibility index (Phi) is 6.12. The summed E-state index contributed by atoms with van der Waals surface area (Å²) in [5.74, 6) is 1.96. The molecular weight excluding hydrogens is 262 g/mol. The van der Waals surface area contributed by atoms with E-state index in [4.69, 9.17) is 9.47 Å². The van der Waals surface area contributed by atoms with E-state index < -0.39 is 0 Å². The lowest BCUT2D eigenvalue weighted by molar-refractivity contribution is 0.397. The van der Waals surface area contributed by atoms with Crippen molar-refractivity contribution in [3.05, 3.63) is 29.3 Å². The van der Waals surface area contributed by atoms with Gasteiger partial charge in [0.25, 0.3) is 0 Å². The molecule has 1 N–H and O–H groups in total. The number of fused-ring (bicyclic) bond motifs is 1. The quantitative estimate of drug-likeness (QED) is 0.738. The maximum Gasteiger partial charge on any atom is 0.126 e. The lowest BCUT2D eigenvalue weighted by Crippen LogP contribution is -2.16. The molecule has 2 rings (SSSR count). The van der Waals surface area contributed by atoms with Gasteiger partial charge in [-0.05, 0) is 62.9 Å². The summed E-state index contributed by atoms with van der Waals surface area (Å²) in [6.45, 7) is 4.38. The fourth-order valence-electron chi connectivity index (χ4n) is 2.99. The fourth-order valence-corrected chi connectivity index (χ4v) is 2.99. The number of ether oxygens (including phenoxy) is 2. The van der Waals surface area contributed by atoms with Crippen molar-refractivity contribution in [3.63, 3.8) is 0 Å². The minimum absolute atomic E-state index is 0.971. The van der Waals surface area contributed by atoms with Gasteiger partial charge in [-0.15, -0.1) is 0 Å². The Morgan fingerprint density at radius 2 is 1.86 bits per heavy atom. The first-order valence-electron chi connectivity index (χ1n) is 7.95. The van der Waals surface area contributed by atoms with Gasteiger partial charge in [0, 0.05) is 11.1 Å². The summed E-state index contributed by atoms with van der Waals surface area (Å²) in [6, 6.07) is 4.04. The maximum atomic E-state index is 5.58. The molecule has 21 heavy (non-hydrogen) atoms. The molecule has 3 heteroatoms. The average molecular weight is 289 g/mol. The Hall–Kier alpha value is -1.48. The van der Waals surface area contributed by atoms with Crippen LogP contribution in [0.3, 0.4) is 0 Å². The molecule has 0 saturated carbocycles. The van der Waals surface area contributed by atoms with Crippen molar-refractivity contribution < 1.29 is 9.47 Å². The van der Waals surface area contributed by atoms with E-state index in [1.165, 1.54) is 23.1 Å². The highest BCUT2D eigenvalue weighted by Gasteiger charge is 2.20. The molecule has 0 radical (unpaired) electrons. The van der Waals surface area contributed by atoms with Gasteiger partial charge in [0.2, 0.25) is 0 Å². The lowest BCUT2D eigenvalue weighted by Gasteiger charge is -2.23. The van der Waals surface area contributed by atoms with Crippen molar-refractivity contribution in [2.75, 3.05) is 27.3 Å². The Balaban J connectivity index is 2.13. The first kappa shape index (κ1) is 15.9. The van der Waals surface area contributed by atoms with Crippen molar-refractivity contribution in [2.45, 2.75) is 39.0 Å². The highest BCUT2D eigenvalue weighted by molar-refractivity contribution is 5.77. The second kappa shape index (κ2) is 8.08. The third kappa shape index (κ3) is 3.79. The van der Waals surface area contributed by atoms with Crippen molar-refractivity contribution in [1.29, 1.82) is 0 Å². The number of nitrogens with one attached hydrogen (secondary N) is 1. The van der Waals surface area contributed by atoms with Gasteiger partial charge in [-0.2, -0.15) is 0 Å². The summed E-state index contributed by atoms with van der Waals surface area (Å²) in [5.41, 5.74) is 3.97. The Morgan fingerprint density at radius 1 is 1.10 bits per heavy atom. The minimum atomic E-state index is 0.971. The number of benzene rings is 1. The van der Waals surface area contributed by atoms with Gasteiger partial charge in [-0.1, -0.05) is 13.0 Å². The van der Waals surface area contributed by atoms with E-state index in [9.17, 15) is 0 Å². The predicted octanol–water partition coefficient (Wildman–Crippen LogP) is 3.81. The summed E-state index contributed by atoms with van der Waals surface area (Å²) in [5, 5.41) is 3.47. The molecule has 0 fully saturated rings. The van der Waals surface area contributed by atoms with E-state index in [2.05, 4.69) is 18.3 Å². The smallest absolute Gasteiger partial charge is 0.126 e. The fraction of sp³-hybridized carbons (Fsp3) is 0.556. The van der Waals surface area contributed by atoms with Gasteiger partial charge in [-0.25, -0.2) is 0 Å². The highest BCUT2D eigenvalue weighted by atomic mass is 16.5. The molecule has 0 unspecified atom stereocenters. The molecule has 0 atom stereocenters. The summed E-state index contributed by atoms with van der Waals surface area (Å²) in [6.07, 6.45) is 7.93. The maximum absolute atomic E-state index is 5.58. The standard InChI is InChI=1S/C18H27NO2/c1-4-12-19-13-6-8-14-7-5-9-15-16(20-2)10-11-17(21-3)18(14)15/h7,10-11,19H,4-6,8-9,12-13H2,1-3H3. The predicted molar refractivity (Wildman–Crippen MR) is 88.2 cm³/mol. The number of hydrogen-bond donors (Lipinski definition) is 1. The molecule has 1 aliphatic rings. The Morgan fingerprint density at radius 3 is 2.57 bits per heavy atom. The number of hydrogen-bond acceptors (Lipinski definition) is 3. The molecule has 1 aromatic rings. The first-order chi connectivity index (χ1) is 10.3. The monoisotopic (exact) mass is 289 g/mol. The second-order valence-corrected chi connectivity index (χ2v) is 5.45. The Bertz CT molecular complexity index is 494. The average Bonchev–Trinajstić information content (AvgIpc) is 2.53. The molecule has 0 aliphatic heterocycles. The summed E-state index contributed by atoms with van der Waals surface area (Å²) >= 11 is 0. The zero-order valence-corrected chi connectivity index (χ0v) is 13.5. The molecule has 0 spiro atoms. The summed E-state index contributed by atoms with van der Waals surface area (Å²) in [4.78, 5) is 0. The number of methoxy groups -OCH3 is 2. The molecule has 0 saturated heterocycles. The Labute approximate surface area is 128 Å². The molecule has 3 nitrogen and oxygen atoms in total. The van der Waals surface area contributed by atoms with Crippen LogP contribution < -0.4 is 14.8 Å². The van der Waals surface area contributed by atoms with Crippen molar-refractivity contribution in [2.24, 2.45) is 0 Å². The van der Waals surface area contributed by atoms with Crippen LogP contribution in [0, 0.1) is 0 Å². The van der Waals surface area contributed by atoms with Gasteiger partial charge in [0.05, 0.1) is 14.2 Å². The van der Waals surface area contributed by atoms with E-state index in [0.29, 0.717) is 0 Å². The molecule has 0 amide bonds. The van der Waals surface area contributed by atoms with Crippen LogP contribution in [0.5, 0.6) is 11.5 Å². The number of rotatable bonds is 8. The summed E-state index contributed by atoms with van der Waals surface area (Å²) in [7, 11) is 3.49. The van der Waals surface area contributed by atoms with E-state index in [0.717, 1.165) is 50.3 Å². The molecule has 1 aliphatic carbocycles. The third-order valence-electron chi connectivity index (χ3n) is 4.00. The minimum Gasteiger partial charge on any atom is -0.496 e. The van der Waals surface area contributed by atoms with Gasteiger partial charge < -0.3 is 14.8 Å². The van der Waals surface area contributed by atoms with Crippen LogP contribution in [0.1, 0.15) is 43.7 Å². The zero-order valence-electron chi connectivity index (χ0n) is 13.5. The van der Waals surface area contributed by atoms with E-state index in [1.54, 1.807) is 14.2 Å². The van der Waals surface area contributed by atoms with Crippen molar-refractivity contribution in [3.8, 4) is 11.5 Å². The van der Waals surface area contributed by atoms with Crippen LogP contribution in [-0.2, 0) is 6.42 Å². The molecular formula is C18H27NO2. The second-order valence-electron chi connectivity index (χ2n) is 5.45. The summed E-state index contributed by atoms with van der Waals surface area (Å²) < 4.78 is 11.1. The van der Waals surface area contributed by atoms with Gasteiger partial charge in [-0.3, -0.25) is 0 Å². The topological polar surface area (TPSA) is 30.5 Å². The molecule has 0 heterocycles. The van der Waals surface area contributed by atoms with Crippen molar-refractivity contribution >= 4 is 5.57 Å². The van der Waals surface area contributed by atoms with Crippen LogP contribution in [0.2, 0.25) is 0 Å². The molecule has 1 aromatic carbocycles. The zero-order chi connectivity index (χ0) is 15.1. The molecule has 0 aromatic heterocycles. The van der Waals surface area contributed by atoms with Gasteiger partial charge in [0.15, 0.2) is 0 Å². The van der Waals surface area contributed by atoms with E-state index in [-0.39, 0.29) is 0 Å². The lowest BCUT2D eigenvalue weighted by atomic mass is 9.87. The highest BCUT2D eigenvalue weighted by Crippen LogP contribution is 2.40. The van der Waals surface area contributed by atoms with Crippen LogP contribution in [-0.4, -0.2) is 27.3 Å². The van der Waals surface area contributed by atoms with Crippen LogP contribution >= 0.6 is 0 Å². The van der Waals surface area contributed by atoms with E-state index in [1.807, 2.05) is 12.1 Å². The molecule has 0 bridgehead atoms. The van der Waals surface area contributed by atoms with Crippen molar-refractivity contribution in [1.82, 2.24) is 5.32 Å². The van der Waals surface area contributed by atoms with Gasteiger partial charge in [0.1, 0.15) is 11.5 Å². The normalized spacial score (nSPS) is 13.6. The first-order valence-corrected chi connectivity index (χ1v) is 7.95. The SMILES string of the molecule is CCCNCCCC1=CCCc2c(OC)ccc(OC)c21. The number of allylic oxidation sites excluding steroid dienone is 2. The van der Waals surface area contributed by atoms with Gasteiger partial charge >= 0.3 is 0 Å². The third-order valence-corrected chi connectivity index (χ3v) is 4.00. The molecule has 116 valence electrons.